The van der Waals surface area contributed by atoms with Crippen LogP contribution in [0.25, 0.3) is 0 Å². The summed E-state index contributed by atoms with van der Waals surface area (Å²) in [5.74, 6) is -0.691. The molecule has 2 rings (SSSR count). The van der Waals surface area contributed by atoms with E-state index in [1.54, 1.807) is 43.3 Å². The molecule has 0 bridgehead atoms. The van der Waals surface area contributed by atoms with Crippen molar-refractivity contribution in [2.45, 2.75) is 19.8 Å². The number of hydrogen-bond acceptors (Lipinski definition) is 5. The SMILES string of the molecule is C/C(=N/NC(=O)CCC(=O)Nc1ccccc1)c1cccc([N+](=O)[O-])c1. The Morgan fingerprint density at radius 2 is 1.73 bits per heavy atom. The average Bonchev–Trinajstić information content (AvgIpc) is 2.65. The summed E-state index contributed by atoms with van der Waals surface area (Å²) in [5.41, 5.74) is 3.91. The second-order valence-electron chi connectivity index (χ2n) is 5.45. The molecule has 0 radical (unpaired) electrons. The summed E-state index contributed by atoms with van der Waals surface area (Å²) >= 11 is 0. The molecule has 0 aliphatic rings. The minimum absolute atomic E-state index is 0.0199. The van der Waals surface area contributed by atoms with Gasteiger partial charge in [-0.05, 0) is 19.1 Å². The molecule has 0 saturated carbocycles. The van der Waals surface area contributed by atoms with Gasteiger partial charge in [0, 0.05) is 36.2 Å². The van der Waals surface area contributed by atoms with Crippen molar-refractivity contribution in [3.05, 3.63) is 70.3 Å². The largest absolute Gasteiger partial charge is 0.326 e. The van der Waals surface area contributed by atoms with E-state index < -0.39 is 10.8 Å². The molecule has 0 aliphatic carbocycles. The number of nitrogens with one attached hydrogen (secondary N) is 2. The molecule has 8 nitrogen and oxygen atoms in total. The molecule has 0 aromatic heterocycles. The zero-order valence-corrected chi connectivity index (χ0v) is 14.1. The number of nitro benzene ring substituents is 1. The Morgan fingerprint density at radius 3 is 2.42 bits per heavy atom. The summed E-state index contributed by atoms with van der Waals surface area (Å²) < 4.78 is 0. The number of carbonyl (C=O) groups excluding carboxylic acids is 2. The van der Waals surface area contributed by atoms with Gasteiger partial charge in [-0.25, -0.2) is 5.43 Å². The summed E-state index contributed by atoms with van der Waals surface area (Å²) in [6, 6.07) is 14.9. The van der Waals surface area contributed by atoms with Crippen LogP contribution in [0.2, 0.25) is 0 Å². The maximum absolute atomic E-state index is 11.8. The van der Waals surface area contributed by atoms with E-state index >= 15 is 0 Å². The number of benzene rings is 2. The predicted octanol–water partition coefficient (Wildman–Crippen LogP) is 2.85. The van der Waals surface area contributed by atoms with Crippen molar-refractivity contribution in [3.63, 3.8) is 0 Å². The quantitative estimate of drug-likeness (QED) is 0.452. The van der Waals surface area contributed by atoms with Crippen LogP contribution < -0.4 is 10.7 Å². The van der Waals surface area contributed by atoms with Crippen LogP contribution in [-0.2, 0) is 9.59 Å². The van der Waals surface area contributed by atoms with Gasteiger partial charge in [0.15, 0.2) is 0 Å². The van der Waals surface area contributed by atoms with Crippen LogP contribution in [0, 0.1) is 10.1 Å². The highest BCUT2D eigenvalue weighted by Crippen LogP contribution is 2.13. The molecule has 8 heteroatoms. The molecule has 134 valence electrons. The smallest absolute Gasteiger partial charge is 0.270 e. The maximum Gasteiger partial charge on any atom is 0.270 e. The number of hydrogen-bond donors (Lipinski definition) is 2. The van der Waals surface area contributed by atoms with E-state index in [-0.39, 0.29) is 24.4 Å². The van der Waals surface area contributed by atoms with Crippen LogP contribution in [0.15, 0.2) is 59.7 Å². The van der Waals surface area contributed by atoms with Gasteiger partial charge < -0.3 is 5.32 Å². The molecule has 0 unspecified atom stereocenters. The lowest BCUT2D eigenvalue weighted by Crippen LogP contribution is -2.21. The third-order valence-corrected chi connectivity index (χ3v) is 3.46. The molecule has 2 N–H and O–H groups in total. The minimum Gasteiger partial charge on any atom is -0.326 e. The van der Waals surface area contributed by atoms with Gasteiger partial charge >= 0.3 is 0 Å². The van der Waals surface area contributed by atoms with Gasteiger partial charge in [-0.1, -0.05) is 30.3 Å². The van der Waals surface area contributed by atoms with Crippen molar-refractivity contribution in [2.24, 2.45) is 5.10 Å². The highest BCUT2D eigenvalue weighted by atomic mass is 16.6. The maximum atomic E-state index is 11.8. The van der Waals surface area contributed by atoms with Gasteiger partial charge in [-0.3, -0.25) is 19.7 Å². The Hall–Kier alpha value is -3.55. The van der Waals surface area contributed by atoms with Crippen LogP contribution in [0.1, 0.15) is 25.3 Å². The fourth-order valence-electron chi connectivity index (χ4n) is 2.08. The minimum atomic E-state index is -0.499. The standard InChI is InChI=1S/C18H18N4O4/c1-13(14-6-5-9-16(12-14)22(25)26)20-21-18(24)11-10-17(23)19-15-7-3-2-4-8-15/h2-9,12H,10-11H2,1H3,(H,19,23)(H,21,24)/b20-13-. The molecule has 2 amide bonds. The number of non-ortho nitro benzene ring substituents is 1. The lowest BCUT2D eigenvalue weighted by atomic mass is 10.1. The predicted molar refractivity (Wildman–Crippen MR) is 97.8 cm³/mol. The molecule has 0 atom stereocenters. The number of hydrazone groups is 1. The molecule has 2 aromatic carbocycles. The number of nitrogens with zero attached hydrogens (tertiary/aromatic N) is 2. The van der Waals surface area contributed by atoms with E-state index in [1.807, 2.05) is 6.07 Å². The van der Waals surface area contributed by atoms with E-state index in [9.17, 15) is 19.7 Å². The fourth-order valence-corrected chi connectivity index (χ4v) is 2.08. The van der Waals surface area contributed by atoms with Crippen molar-refractivity contribution < 1.29 is 14.5 Å². The van der Waals surface area contributed by atoms with Crippen molar-refractivity contribution in [1.82, 2.24) is 5.43 Å². The molecule has 0 fully saturated rings. The number of carbonyl (C=O) groups is 2. The van der Waals surface area contributed by atoms with Crippen molar-refractivity contribution >= 4 is 28.9 Å². The Morgan fingerprint density at radius 1 is 1.04 bits per heavy atom. The summed E-state index contributed by atoms with van der Waals surface area (Å²) in [4.78, 5) is 33.9. The normalized spacial score (nSPS) is 10.9. The Bertz CT molecular complexity index is 834. The summed E-state index contributed by atoms with van der Waals surface area (Å²) in [6.45, 7) is 1.63. The lowest BCUT2D eigenvalue weighted by Gasteiger charge is -2.05. The van der Waals surface area contributed by atoms with E-state index in [0.717, 1.165) is 0 Å². The lowest BCUT2D eigenvalue weighted by molar-refractivity contribution is -0.384. The number of rotatable bonds is 7. The van der Waals surface area contributed by atoms with Gasteiger partial charge in [0.1, 0.15) is 0 Å². The Kier molecular flexibility index (Phi) is 6.55. The monoisotopic (exact) mass is 354 g/mol. The number of amides is 2. The summed E-state index contributed by atoms with van der Waals surface area (Å²) in [6.07, 6.45) is -0.00348. The van der Waals surface area contributed by atoms with Gasteiger partial charge in [-0.2, -0.15) is 5.10 Å². The van der Waals surface area contributed by atoms with E-state index in [0.29, 0.717) is 17.0 Å². The second-order valence-corrected chi connectivity index (χ2v) is 5.45. The molecule has 2 aromatic rings. The molecular weight excluding hydrogens is 336 g/mol. The topological polar surface area (TPSA) is 114 Å². The van der Waals surface area contributed by atoms with Crippen molar-refractivity contribution in [2.75, 3.05) is 5.32 Å². The van der Waals surface area contributed by atoms with Crippen LogP contribution in [0.3, 0.4) is 0 Å². The highest BCUT2D eigenvalue weighted by Gasteiger charge is 2.09. The van der Waals surface area contributed by atoms with Crippen LogP contribution >= 0.6 is 0 Å². The van der Waals surface area contributed by atoms with Crippen molar-refractivity contribution in [1.29, 1.82) is 0 Å². The second kappa shape index (κ2) is 9.07. The zero-order chi connectivity index (χ0) is 18.9. The van der Waals surface area contributed by atoms with E-state index in [4.69, 9.17) is 0 Å². The first-order valence-corrected chi connectivity index (χ1v) is 7.88. The number of para-hydroxylation sites is 1. The van der Waals surface area contributed by atoms with Crippen LogP contribution in [0.5, 0.6) is 0 Å². The molecule has 26 heavy (non-hydrogen) atoms. The van der Waals surface area contributed by atoms with E-state index in [1.165, 1.54) is 12.1 Å². The summed E-state index contributed by atoms with van der Waals surface area (Å²) in [7, 11) is 0. The molecule has 0 aliphatic heterocycles. The van der Waals surface area contributed by atoms with Gasteiger partial charge in [0.25, 0.3) is 5.69 Å². The van der Waals surface area contributed by atoms with Crippen molar-refractivity contribution in [3.8, 4) is 0 Å². The molecule has 0 saturated heterocycles. The van der Waals surface area contributed by atoms with Gasteiger partial charge in [0.05, 0.1) is 10.6 Å². The number of anilines is 1. The fraction of sp³-hybridized carbons (Fsp3) is 0.167. The third-order valence-electron chi connectivity index (χ3n) is 3.46. The highest BCUT2D eigenvalue weighted by molar-refractivity contribution is 6.00. The average molecular weight is 354 g/mol. The molecule has 0 heterocycles. The van der Waals surface area contributed by atoms with Gasteiger partial charge in [0.2, 0.25) is 11.8 Å². The first-order valence-electron chi connectivity index (χ1n) is 7.88. The first kappa shape index (κ1) is 18.8. The summed E-state index contributed by atoms with van der Waals surface area (Å²) in [5, 5.41) is 17.4. The molecular formula is C18H18N4O4. The van der Waals surface area contributed by atoms with Crippen LogP contribution in [0.4, 0.5) is 11.4 Å². The molecule has 0 spiro atoms. The van der Waals surface area contributed by atoms with Crippen LogP contribution in [-0.4, -0.2) is 22.4 Å². The Balaban J connectivity index is 1.83. The number of nitro groups is 1. The third kappa shape index (κ3) is 5.82. The zero-order valence-electron chi connectivity index (χ0n) is 14.1. The van der Waals surface area contributed by atoms with E-state index in [2.05, 4.69) is 15.8 Å². The Labute approximate surface area is 150 Å². The first-order chi connectivity index (χ1) is 12.5. The van der Waals surface area contributed by atoms with Gasteiger partial charge in [-0.15, -0.1) is 0 Å².